The maximum Gasteiger partial charge on any atom is 0.140 e. The molecule has 0 fully saturated rings. The van der Waals surface area contributed by atoms with Crippen LogP contribution in [0.3, 0.4) is 0 Å². The Balaban J connectivity index is 2.53. The number of aliphatic hydroxyl groups excluding tert-OH is 1. The summed E-state index contributed by atoms with van der Waals surface area (Å²) in [5.41, 5.74) is 0.248. The van der Waals surface area contributed by atoms with E-state index in [0.717, 1.165) is 0 Å². The van der Waals surface area contributed by atoms with Crippen molar-refractivity contribution in [3.8, 4) is 17.6 Å². The third-order valence-electron chi connectivity index (χ3n) is 2.38. The van der Waals surface area contributed by atoms with Crippen molar-refractivity contribution in [1.29, 1.82) is 5.26 Å². The Hall–Kier alpha value is -1.77. The van der Waals surface area contributed by atoms with Crippen LogP contribution < -0.4 is 10.1 Å². The molecule has 1 atom stereocenters. The zero-order valence-electron chi connectivity index (χ0n) is 11.5. The van der Waals surface area contributed by atoms with Gasteiger partial charge in [-0.15, -0.1) is 0 Å². The van der Waals surface area contributed by atoms with Gasteiger partial charge in [0, 0.05) is 18.2 Å². The summed E-state index contributed by atoms with van der Waals surface area (Å²) in [6.07, 6.45) is -0.687. The topological polar surface area (TPSA) is 85.5 Å². The summed E-state index contributed by atoms with van der Waals surface area (Å²) in [4.78, 5) is 0. The summed E-state index contributed by atoms with van der Waals surface area (Å²) in [6, 6.07) is 6.23. The molecule has 19 heavy (non-hydrogen) atoms. The Morgan fingerprint density at radius 2 is 2.11 bits per heavy atom. The zero-order chi connectivity index (χ0) is 14.5. The molecule has 0 aliphatic heterocycles. The fourth-order valence-corrected chi connectivity index (χ4v) is 1.39. The molecule has 0 heterocycles. The molecule has 0 radical (unpaired) electrons. The van der Waals surface area contributed by atoms with E-state index in [-0.39, 0.29) is 23.6 Å². The molecule has 0 aromatic heterocycles. The molecule has 0 saturated heterocycles. The Bertz CT molecular complexity index is 461. The summed E-state index contributed by atoms with van der Waals surface area (Å²) < 4.78 is 5.36. The number of β-amino-alcohol motifs (C(OH)–C–C–N with tert-alkyl or cyclic N) is 1. The standard InChI is InChI=1S/C14H20N2O3/c1-14(2,3)16-8-12(18)9-19-13-6-11(17)5-4-10(13)7-15/h4-6,12,16-18H,8-9H2,1-3H3. The maximum absolute atomic E-state index is 9.77. The molecule has 0 saturated carbocycles. The first-order chi connectivity index (χ1) is 8.81. The van der Waals surface area contributed by atoms with Crippen molar-refractivity contribution in [2.45, 2.75) is 32.4 Å². The highest BCUT2D eigenvalue weighted by atomic mass is 16.5. The first kappa shape index (κ1) is 15.3. The van der Waals surface area contributed by atoms with Gasteiger partial charge in [0.25, 0.3) is 0 Å². The van der Waals surface area contributed by atoms with Crippen LogP contribution in [0.25, 0.3) is 0 Å². The van der Waals surface area contributed by atoms with Crippen molar-refractivity contribution in [1.82, 2.24) is 5.32 Å². The van der Waals surface area contributed by atoms with E-state index in [1.54, 1.807) is 0 Å². The smallest absolute Gasteiger partial charge is 0.140 e. The molecule has 5 heteroatoms. The second-order valence-electron chi connectivity index (χ2n) is 5.39. The van der Waals surface area contributed by atoms with Crippen LogP contribution in [0.5, 0.6) is 11.5 Å². The Labute approximate surface area is 113 Å². The van der Waals surface area contributed by atoms with Crippen molar-refractivity contribution in [2.75, 3.05) is 13.2 Å². The van der Waals surface area contributed by atoms with Crippen molar-refractivity contribution in [2.24, 2.45) is 0 Å². The number of hydrogen-bond donors (Lipinski definition) is 3. The van der Waals surface area contributed by atoms with Crippen LogP contribution in [0.15, 0.2) is 18.2 Å². The van der Waals surface area contributed by atoms with E-state index in [2.05, 4.69) is 5.32 Å². The number of aliphatic hydroxyl groups is 1. The molecule has 5 nitrogen and oxygen atoms in total. The molecule has 0 aliphatic rings. The normalized spacial score (nSPS) is 12.8. The third kappa shape index (κ3) is 5.60. The van der Waals surface area contributed by atoms with Gasteiger partial charge in [-0.2, -0.15) is 5.26 Å². The second-order valence-corrected chi connectivity index (χ2v) is 5.39. The van der Waals surface area contributed by atoms with Crippen molar-refractivity contribution in [3.63, 3.8) is 0 Å². The van der Waals surface area contributed by atoms with Crippen LogP contribution >= 0.6 is 0 Å². The number of nitrogens with one attached hydrogen (secondary N) is 1. The number of benzene rings is 1. The number of ether oxygens (including phenoxy) is 1. The number of hydrogen-bond acceptors (Lipinski definition) is 5. The molecule has 0 aliphatic carbocycles. The van der Waals surface area contributed by atoms with Gasteiger partial charge >= 0.3 is 0 Å². The molecule has 3 N–H and O–H groups in total. The quantitative estimate of drug-likeness (QED) is 0.748. The first-order valence-corrected chi connectivity index (χ1v) is 6.11. The zero-order valence-corrected chi connectivity index (χ0v) is 11.5. The lowest BCUT2D eigenvalue weighted by molar-refractivity contribution is 0.0998. The van der Waals surface area contributed by atoms with E-state index in [9.17, 15) is 10.2 Å². The summed E-state index contributed by atoms with van der Waals surface area (Å²) in [5, 5.41) is 31.2. The van der Waals surface area contributed by atoms with Gasteiger partial charge in [-0.25, -0.2) is 0 Å². The number of nitriles is 1. The van der Waals surface area contributed by atoms with Crippen molar-refractivity contribution >= 4 is 0 Å². The van der Waals surface area contributed by atoms with Crippen LogP contribution in [0.1, 0.15) is 26.3 Å². The second kappa shape index (κ2) is 6.41. The summed E-state index contributed by atoms with van der Waals surface area (Å²) in [6.45, 7) is 6.46. The van der Waals surface area contributed by atoms with Crippen LogP contribution in [-0.4, -0.2) is 35.0 Å². The van der Waals surface area contributed by atoms with Crippen molar-refractivity contribution in [3.05, 3.63) is 23.8 Å². The van der Waals surface area contributed by atoms with Crippen LogP contribution in [0.2, 0.25) is 0 Å². The number of phenols is 1. The molecule has 1 aromatic rings. The predicted molar refractivity (Wildman–Crippen MR) is 72.1 cm³/mol. The monoisotopic (exact) mass is 264 g/mol. The van der Waals surface area contributed by atoms with Gasteiger partial charge in [0.05, 0.1) is 5.56 Å². The van der Waals surface area contributed by atoms with Gasteiger partial charge < -0.3 is 20.3 Å². The third-order valence-corrected chi connectivity index (χ3v) is 2.38. The minimum Gasteiger partial charge on any atom is -0.508 e. The number of nitrogens with zero attached hydrogens (tertiary/aromatic N) is 1. The van der Waals surface area contributed by atoms with Gasteiger partial charge in [-0.05, 0) is 32.9 Å². The molecule has 0 spiro atoms. The molecule has 1 aromatic carbocycles. The number of phenolic OH excluding ortho intramolecular Hbond substituents is 1. The average Bonchev–Trinajstić information content (AvgIpc) is 2.33. The van der Waals surface area contributed by atoms with E-state index < -0.39 is 6.10 Å². The molecular weight excluding hydrogens is 244 g/mol. The van der Waals surface area contributed by atoms with E-state index >= 15 is 0 Å². The van der Waals surface area contributed by atoms with Crippen molar-refractivity contribution < 1.29 is 14.9 Å². The highest BCUT2D eigenvalue weighted by molar-refractivity contribution is 5.46. The average molecular weight is 264 g/mol. The van der Waals surface area contributed by atoms with E-state index in [4.69, 9.17) is 10.00 Å². The lowest BCUT2D eigenvalue weighted by Crippen LogP contribution is -2.42. The van der Waals surface area contributed by atoms with E-state index in [1.165, 1.54) is 18.2 Å². The predicted octanol–water partition coefficient (Wildman–Crippen LogP) is 1.39. The fraction of sp³-hybridized carbons (Fsp3) is 0.500. The molecule has 1 unspecified atom stereocenters. The van der Waals surface area contributed by atoms with Gasteiger partial charge in [-0.1, -0.05) is 0 Å². The summed E-state index contributed by atoms with van der Waals surface area (Å²) in [7, 11) is 0. The van der Waals surface area contributed by atoms with Gasteiger partial charge in [0.15, 0.2) is 0 Å². The number of rotatable bonds is 5. The Morgan fingerprint density at radius 3 is 2.68 bits per heavy atom. The lowest BCUT2D eigenvalue weighted by atomic mass is 10.1. The summed E-state index contributed by atoms with van der Waals surface area (Å²) >= 11 is 0. The molecule has 0 amide bonds. The molecule has 0 bridgehead atoms. The van der Waals surface area contributed by atoms with Crippen LogP contribution in [0, 0.1) is 11.3 Å². The summed E-state index contributed by atoms with van der Waals surface area (Å²) in [5.74, 6) is 0.300. The lowest BCUT2D eigenvalue weighted by Gasteiger charge is -2.23. The minimum atomic E-state index is -0.687. The number of aromatic hydroxyl groups is 1. The Morgan fingerprint density at radius 1 is 1.42 bits per heavy atom. The van der Waals surface area contributed by atoms with Gasteiger partial charge in [0.1, 0.15) is 30.3 Å². The Kier molecular flexibility index (Phi) is 5.16. The SMILES string of the molecule is CC(C)(C)NCC(O)COc1cc(O)ccc1C#N. The van der Waals surface area contributed by atoms with E-state index in [0.29, 0.717) is 12.1 Å². The first-order valence-electron chi connectivity index (χ1n) is 6.11. The molecule has 1 rings (SSSR count). The van der Waals surface area contributed by atoms with Gasteiger partial charge in [0.2, 0.25) is 0 Å². The molecular formula is C14H20N2O3. The maximum atomic E-state index is 9.77. The highest BCUT2D eigenvalue weighted by Crippen LogP contribution is 2.23. The minimum absolute atomic E-state index is 0.0244. The van der Waals surface area contributed by atoms with E-state index in [1.807, 2.05) is 26.8 Å². The fourth-order valence-electron chi connectivity index (χ4n) is 1.39. The van der Waals surface area contributed by atoms with Crippen LogP contribution in [0.4, 0.5) is 0 Å². The van der Waals surface area contributed by atoms with Crippen LogP contribution in [-0.2, 0) is 0 Å². The van der Waals surface area contributed by atoms with Gasteiger partial charge in [-0.3, -0.25) is 0 Å². The largest absolute Gasteiger partial charge is 0.508 e. The highest BCUT2D eigenvalue weighted by Gasteiger charge is 2.13. The molecule has 104 valence electrons.